The van der Waals surface area contributed by atoms with Crippen LogP contribution in [-0.2, 0) is 38.0 Å². The summed E-state index contributed by atoms with van der Waals surface area (Å²) in [6.45, 7) is 5.23. The van der Waals surface area contributed by atoms with E-state index in [1.807, 2.05) is 7.05 Å². The van der Waals surface area contributed by atoms with E-state index in [0.29, 0.717) is 25.0 Å². The van der Waals surface area contributed by atoms with Gasteiger partial charge in [0.25, 0.3) is 0 Å². The van der Waals surface area contributed by atoms with E-state index in [0.717, 1.165) is 25.3 Å². The van der Waals surface area contributed by atoms with E-state index in [1.165, 1.54) is 12.0 Å². The van der Waals surface area contributed by atoms with Crippen molar-refractivity contribution in [1.82, 2.24) is 15.1 Å². The van der Waals surface area contributed by atoms with Gasteiger partial charge < -0.3 is 26.5 Å². The third kappa shape index (κ3) is 6.38. The van der Waals surface area contributed by atoms with Crippen LogP contribution in [0.4, 0.5) is 0 Å². The Hall–Kier alpha value is -1.73. The van der Waals surface area contributed by atoms with E-state index in [2.05, 4.69) is 72.0 Å². The molecule has 0 saturated carbocycles. The molecule has 0 amide bonds. The van der Waals surface area contributed by atoms with Gasteiger partial charge in [-0.1, -0.05) is 49.4 Å². The summed E-state index contributed by atoms with van der Waals surface area (Å²) < 4.78 is 7.53. The van der Waals surface area contributed by atoms with Crippen LogP contribution in [0, 0.1) is 23.3 Å². The maximum Gasteiger partial charge on any atom is 2.00 e. The summed E-state index contributed by atoms with van der Waals surface area (Å²) in [6.07, 6.45) is 12.3. The van der Waals surface area contributed by atoms with Gasteiger partial charge in [-0.15, -0.1) is 12.7 Å². The van der Waals surface area contributed by atoms with Gasteiger partial charge in [-0.2, -0.15) is 6.20 Å². The summed E-state index contributed by atoms with van der Waals surface area (Å²) in [5.74, 6) is 1.89. The van der Waals surface area contributed by atoms with Gasteiger partial charge in [0.15, 0.2) is 0 Å². The van der Waals surface area contributed by atoms with Gasteiger partial charge in [0.2, 0.25) is 0 Å². The molecule has 3 unspecified atom stereocenters. The molecule has 1 aromatic carbocycles. The number of rotatable bonds is 6. The predicted octanol–water partition coefficient (Wildman–Crippen LogP) is 4.20. The Morgan fingerprint density at radius 3 is 2.70 bits per heavy atom. The fourth-order valence-corrected chi connectivity index (χ4v) is 4.47. The molecule has 1 aliphatic carbocycles. The summed E-state index contributed by atoms with van der Waals surface area (Å²) >= 11 is 0. The molecule has 3 atom stereocenters. The molecule has 6 heteroatoms. The van der Waals surface area contributed by atoms with Crippen LogP contribution in [0.1, 0.15) is 18.9 Å². The standard InChI is InChI=1S/C20H27N2O.C4H5N2.Os/c1-16-18(8-5-9-19(16)23-13-11-21)20(10-12-22-15-20)14-17-6-3-2-4-7-17;1-6-4-2-3-5-6;/h2-9,16,18,21-22H,10-15H2,1H3;3-4H,1H3;/q2*-1;+2. The van der Waals surface area contributed by atoms with Crippen LogP contribution >= 0.6 is 0 Å². The van der Waals surface area contributed by atoms with E-state index in [-0.39, 0.29) is 25.2 Å². The quantitative estimate of drug-likeness (QED) is 0.520. The van der Waals surface area contributed by atoms with Crippen LogP contribution in [-0.4, -0.2) is 36.0 Å². The Labute approximate surface area is 193 Å². The molecule has 4 rings (SSSR count). The number of allylic oxidation sites excluding steroid dienone is 4. The van der Waals surface area contributed by atoms with Gasteiger partial charge in [-0.25, -0.2) is 5.10 Å². The molecule has 1 saturated heterocycles. The van der Waals surface area contributed by atoms with Crippen molar-refractivity contribution in [2.45, 2.75) is 19.8 Å². The van der Waals surface area contributed by atoms with Crippen LogP contribution in [0.5, 0.6) is 0 Å². The zero-order chi connectivity index (χ0) is 20.5. The van der Waals surface area contributed by atoms with Gasteiger partial charge in [0.1, 0.15) is 0 Å². The Kier molecular flexibility index (Phi) is 9.98. The molecule has 0 radical (unpaired) electrons. The van der Waals surface area contributed by atoms with Crippen molar-refractivity contribution >= 4 is 0 Å². The molecule has 2 heterocycles. The van der Waals surface area contributed by atoms with Crippen molar-refractivity contribution in [3.63, 3.8) is 0 Å². The number of hydrogen-bond donors (Lipinski definition) is 1. The Morgan fingerprint density at radius 2 is 2.13 bits per heavy atom. The van der Waals surface area contributed by atoms with Crippen molar-refractivity contribution in [3.8, 4) is 0 Å². The molecule has 0 spiro atoms. The molecule has 1 fully saturated rings. The fraction of sp³-hybridized carbons (Fsp3) is 0.458. The maximum absolute atomic E-state index is 7.31. The smallest absolute Gasteiger partial charge is 0.675 e. The Balaban J connectivity index is 0.000000395. The van der Waals surface area contributed by atoms with Crippen molar-refractivity contribution in [1.29, 1.82) is 0 Å². The Bertz CT molecular complexity index is 783. The monoisotopic (exact) mass is 584 g/mol. The summed E-state index contributed by atoms with van der Waals surface area (Å²) in [4.78, 5) is 0. The second kappa shape index (κ2) is 12.2. The number of ether oxygens (including phenoxy) is 1. The number of hydrogen-bond acceptors (Lipinski definition) is 3. The summed E-state index contributed by atoms with van der Waals surface area (Å²) in [6, 6.07) is 13.6. The molecule has 2 aromatic rings. The van der Waals surface area contributed by atoms with Crippen LogP contribution < -0.4 is 5.32 Å². The van der Waals surface area contributed by atoms with Gasteiger partial charge >= 0.3 is 19.8 Å². The topological polar surface area (TPSA) is 62.9 Å². The van der Waals surface area contributed by atoms with Crippen LogP contribution in [0.3, 0.4) is 0 Å². The summed E-state index contributed by atoms with van der Waals surface area (Å²) in [7, 11) is 1.86. The van der Waals surface area contributed by atoms with Gasteiger partial charge in [-0.3, -0.25) is 0 Å². The first-order valence-electron chi connectivity index (χ1n) is 10.4. The van der Waals surface area contributed by atoms with Crippen molar-refractivity contribution < 1.29 is 24.5 Å². The molecule has 30 heavy (non-hydrogen) atoms. The number of nitrogens with one attached hydrogen (secondary N) is 2. The predicted molar refractivity (Wildman–Crippen MR) is 117 cm³/mol. The largest absolute Gasteiger partial charge is 2.00 e. The van der Waals surface area contributed by atoms with Crippen LogP contribution in [0.15, 0.2) is 66.7 Å². The SMILES string of the molecule is CC1C(OCC[NH-])=CC=CC1C1(Cc2ccccc2)CCNC1.Cn1c[c-]cn1.[Os+2]. The summed E-state index contributed by atoms with van der Waals surface area (Å²) in [5, 5.41) is 7.36. The van der Waals surface area contributed by atoms with E-state index in [9.17, 15) is 0 Å². The molecule has 2 N–H and O–H groups in total. The van der Waals surface area contributed by atoms with Crippen molar-refractivity contribution in [3.05, 3.63) is 84.1 Å². The fourth-order valence-electron chi connectivity index (χ4n) is 4.47. The van der Waals surface area contributed by atoms with E-state index < -0.39 is 0 Å². The first-order chi connectivity index (χ1) is 14.1. The number of nitrogens with zero attached hydrogens (tertiary/aromatic N) is 2. The normalized spacial score (nSPS) is 25.0. The van der Waals surface area contributed by atoms with Gasteiger partial charge in [0, 0.05) is 19.5 Å². The van der Waals surface area contributed by atoms with Crippen molar-refractivity contribution in [2.24, 2.45) is 24.3 Å². The third-order valence-corrected chi connectivity index (χ3v) is 5.90. The molecule has 1 aromatic heterocycles. The second-order valence-electron chi connectivity index (χ2n) is 7.93. The van der Waals surface area contributed by atoms with Gasteiger partial charge in [0.05, 0.1) is 12.4 Å². The Morgan fingerprint density at radius 1 is 1.33 bits per heavy atom. The molecule has 2 aliphatic rings. The molecular formula is C24H32N4OOs. The third-order valence-electron chi connectivity index (χ3n) is 5.90. The zero-order valence-electron chi connectivity index (χ0n) is 17.8. The van der Waals surface area contributed by atoms with Crippen LogP contribution in [0.2, 0.25) is 0 Å². The maximum atomic E-state index is 7.31. The number of aromatic nitrogens is 2. The minimum atomic E-state index is 0. The summed E-state index contributed by atoms with van der Waals surface area (Å²) in [5.41, 5.74) is 8.98. The first-order valence-corrected chi connectivity index (χ1v) is 10.4. The molecule has 1 aliphatic heterocycles. The number of aryl methyl sites for hydroxylation is 1. The molecule has 5 nitrogen and oxygen atoms in total. The molecule has 0 bridgehead atoms. The average Bonchev–Trinajstić information content (AvgIpc) is 3.41. The van der Waals surface area contributed by atoms with Crippen LogP contribution in [0.25, 0.3) is 5.73 Å². The zero-order valence-corrected chi connectivity index (χ0v) is 20.4. The molecular weight excluding hydrogens is 551 g/mol. The van der Waals surface area contributed by atoms with E-state index in [1.54, 1.807) is 17.1 Å². The molecule has 162 valence electrons. The minimum absolute atomic E-state index is 0. The minimum Gasteiger partial charge on any atom is -0.675 e. The number of benzene rings is 1. The average molecular weight is 583 g/mol. The van der Waals surface area contributed by atoms with E-state index in [4.69, 9.17) is 10.5 Å². The van der Waals surface area contributed by atoms with E-state index >= 15 is 0 Å². The van der Waals surface area contributed by atoms with Crippen molar-refractivity contribution in [2.75, 3.05) is 26.2 Å². The second-order valence-corrected chi connectivity index (χ2v) is 7.93. The first kappa shape index (κ1) is 24.5. The van der Waals surface area contributed by atoms with Gasteiger partial charge in [-0.05, 0) is 42.4 Å².